The number of piperazine rings is 1. The highest BCUT2D eigenvalue weighted by Gasteiger charge is 2.41. The molecule has 1 aromatic carbocycles. The van der Waals surface area contributed by atoms with E-state index in [1.54, 1.807) is 30.3 Å². The Labute approximate surface area is 200 Å². The summed E-state index contributed by atoms with van der Waals surface area (Å²) in [7, 11) is -3.47. The molecule has 0 aliphatic carbocycles. The Balaban J connectivity index is 0.00000480. The Morgan fingerprint density at radius 3 is 2.19 bits per heavy atom. The Morgan fingerprint density at radius 2 is 1.71 bits per heavy atom. The lowest BCUT2D eigenvalue weighted by Gasteiger charge is -2.40. The van der Waals surface area contributed by atoms with E-state index in [4.69, 9.17) is 0 Å². The number of alkyl halides is 3. The first-order valence-corrected chi connectivity index (χ1v) is 11.9. The van der Waals surface area contributed by atoms with E-state index in [0.29, 0.717) is 32.0 Å². The van der Waals surface area contributed by atoms with Gasteiger partial charge in [-0.3, -0.25) is 9.89 Å². The second kappa shape index (κ2) is 12.2. The van der Waals surface area contributed by atoms with Crippen LogP contribution in [-0.2, 0) is 9.84 Å². The standard InChI is InChI=1S/C20H31F3N4O2S.HI/c1-4-17(15-30(28,29)18-9-7-6-8-10-18)25-19(24-5-2)27-13-11-26(12-14-27)16(3)20(21,22)23;/h6-10,16-17H,4-5,11-15H2,1-3H3,(H,24,25);1H. The van der Waals surface area contributed by atoms with Crippen molar-refractivity contribution in [2.24, 2.45) is 4.99 Å². The summed E-state index contributed by atoms with van der Waals surface area (Å²) in [6.45, 7) is 6.76. The number of nitrogens with zero attached hydrogens (tertiary/aromatic N) is 3. The Morgan fingerprint density at radius 1 is 1.13 bits per heavy atom. The molecule has 1 aliphatic heterocycles. The zero-order valence-electron chi connectivity index (χ0n) is 18.1. The van der Waals surface area contributed by atoms with Gasteiger partial charge in [-0.25, -0.2) is 8.42 Å². The average Bonchev–Trinajstić information content (AvgIpc) is 2.72. The van der Waals surface area contributed by atoms with Gasteiger partial charge in [0.25, 0.3) is 0 Å². The number of sulfone groups is 1. The summed E-state index contributed by atoms with van der Waals surface area (Å²) < 4.78 is 64.4. The van der Waals surface area contributed by atoms with Crippen LogP contribution in [0.1, 0.15) is 27.2 Å². The van der Waals surface area contributed by atoms with Crippen molar-refractivity contribution in [1.82, 2.24) is 15.1 Å². The number of hydrogen-bond donors (Lipinski definition) is 1. The van der Waals surface area contributed by atoms with Gasteiger partial charge in [0.2, 0.25) is 0 Å². The molecule has 2 rings (SSSR count). The third-order valence-corrected chi connectivity index (χ3v) is 7.12. The molecule has 178 valence electrons. The molecule has 0 radical (unpaired) electrons. The molecule has 1 aromatic rings. The Bertz CT molecular complexity index is 798. The second-order valence-electron chi connectivity index (χ2n) is 7.38. The molecule has 11 heteroatoms. The number of guanidine groups is 1. The van der Waals surface area contributed by atoms with Gasteiger partial charge in [0.05, 0.1) is 10.6 Å². The Hall–Kier alpha value is -1.08. The van der Waals surface area contributed by atoms with E-state index >= 15 is 0 Å². The number of hydrogen-bond acceptors (Lipinski definition) is 4. The van der Waals surface area contributed by atoms with Gasteiger partial charge in [-0.15, -0.1) is 24.0 Å². The minimum Gasteiger partial charge on any atom is -0.352 e. The average molecular weight is 576 g/mol. The zero-order valence-corrected chi connectivity index (χ0v) is 21.2. The van der Waals surface area contributed by atoms with Crippen LogP contribution in [0.5, 0.6) is 0 Å². The first-order valence-electron chi connectivity index (χ1n) is 10.2. The van der Waals surface area contributed by atoms with E-state index in [9.17, 15) is 21.6 Å². The number of rotatable bonds is 7. The largest absolute Gasteiger partial charge is 0.403 e. The van der Waals surface area contributed by atoms with E-state index in [-0.39, 0.29) is 53.8 Å². The van der Waals surface area contributed by atoms with Gasteiger partial charge in [-0.1, -0.05) is 25.1 Å². The fraction of sp³-hybridized carbons (Fsp3) is 0.650. The van der Waals surface area contributed by atoms with Crippen LogP contribution in [0.2, 0.25) is 0 Å². The first kappa shape index (κ1) is 28.0. The summed E-state index contributed by atoms with van der Waals surface area (Å²) in [6, 6.07) is 6.44. The van der Waals surface area contributed by atoms with Crippen LogP contribution in [0.3, 0.4) is 0 Å². The fourth-order valence-electron chi connectivity index (χ4n) is 3.35. The molecule has 6 nitrogen and oxygen atoms in total. The molecule has 2 atom stereocenters. The molecule has 31 heavy (non-hydrogen) atoms. The van der Waals surface area contributed by atoms with Crippen molar-refractivity contribution in [3.8, 4) is 0 Å². The molecule has 1 heterocycles. The summed E-state index contributed by atoms with van der Waals surface area (Å²) in [5, 5.41) is 3.23. The summed E-state index contributed by atoms with van der Waals surface area (Å²) in [5.74, 6) is 0.466. The molecule has 1 N–H and O–H groups in total. The minimum absolute atomic E-state index is 0. The van der Waals surface area contributed by atoms with Crippen LogP contribution in [0, 0.1) is 0 Å². The summed E-state index contributed by atoms with van der Waals surface area (Å²) in [5.41, 5.74) is 0. The van der Waals surface area contributed by atoms with Crippen LogP contribution < -0.4 is 5.32 Å². The molecule has 0 aromatic heterocycles. The fourth-order valence-corrected chi connectivity index (χ4v) is 4.96. The highest BCUT2D eigenvalue weighted by Crippen LogP contribution is 2.25. The van der Waals surface area contributed by atoms with Gasteiger partial charge in [0.1, 0.15) is 6.04 Å². The molecule has 0 saturated carbocycles. The van der Waals surface area contributed by atoms with Gasteiger partial charge in [0.15, 0.2) is 15.8 Å². The summed E-state index contributed by atoms with van der Waals surface area (Å²) in [6.07, 6.45) is -3.68. The third-order valence-electron chi connectivity index (χ3n) is 5.29. The quantitative estimate of drug-likeness (QED) is 0.307. The van der Waals surface area contributed by atoms with Crippen molar-refractivity contribution in [3.05, 3.63) is 30.3 Å². The van der Waals surface area contributed by atoms with Crippen LogP contribution in [0.4, 0.5) is 13.2 Å². The van der Waals surface area contributed by atoms with Gasteiger partial charge < -0.3 is 10.2 Å². The van der Waals surface area contributed by atoms with E-state index in [2.05, 4.69) is 10.3 Å². The molecule has 0 spiro atoms. The lowest BCUT2D eigenvalue weighted by molar-refractivity contribution is -0.181. The third kappa shape index (κ3) is 8.08. The van der Waals surface area contributed by atoms with Gasteiger partial charge >= 0.3 is 6.18 Å². The molecule has 1 saturated heterocycles. The van der Waals surface area contributed by atoms with Crippen molar-refractivity contribution in [2.45, 2.75) is 50.3 Å². The lowest BCUT2D eigenvalue weighted by Crippen LogP contribution is -2.58. The van der Waals surface area contributed by atoms with Gasteiger partial charge in [-0.05, 0) is 32.4 Å². The SMILES string of the molecule is CCN=C(NC(CC)CS(=O)(=O)c1ccccc1)N1CCN(C(C)C(F)(F)F)CC1.I. The molecular formula is C20H32F3IN4O2S. The van der Waals surface area contributed by atoms with Crippen molar-refractivity contribution in [3.63, 3.8) is 0 Å². The second-order valence-corrected chi connectivity index (χ2v) is 9.42. The Kier molecular flexibility index (Phi) is 11.0. The minimum atomic E-state index is -4.25. The maximum Gasteiger partial charge on any atom is 0.403 e. The summed E-state index contributed by atoms with van der Waals surface area (Å²) >= 11 is 0. The van der Waals surface area contributed by atoms with Crippen LogP contribution in [0.15, 0.2) is 40.2 Å². The van der Waals surface area contributed by atoms with Crippen LogP contribution in [0.25, 0.3) is 0 Å². The van der Waals surface area contributed by atoms with Crippen LogP contribution in [-0.4, -0.2) is 80.9 Å². The van der Waals surface area contributed by atoms with E-state index in [1.807, 2.05) is 18.7 Å². The first-order chi connectivity index (χ1) is 14.1. The highest BCUT2D eigenvalue weighted by molar-refractivity contribution is 14.0. The number of benzene rings is 1. The maximum atomic E-state index is 13.0. The number of halogens is 4. The molecule has 1 aliphatic rings. The van der Waals surface area contributed by atoms with E-state index < -0.39 is 22.1 Å². The maximum absolute atomic E-state index is 13.0. The molecular weight excluding hydrogens is 544 g/mol. The van der Waals surface area contributed by atoms with Gasteiger partial charge in [0, 0.05) is 38.8 Å². The molecule has 2 unspecified atom stereocenters. The monoisotopic (exact) mass is 576 g/mol. The van der Waals surface area contributed by atoms with Gasteiger partial charge in [-0.2, -0.15) is 13.2 Å². The lowest BCUT2D eigenvalue weighted by atomic mass is 10.2. The predicted octanol–water partition coefficient (Wildman–Crippen LogP) is 3.39. The number of aliphatic imine (C=N–C) groups is 1. The number of nitrogens with one attached hydrogen (secondary N) is 1. The van der Waals surface area contributed by atoms with Crippen molar-refractivity contribution in [2.75, 3.05) is 38.5 Å². The molecule has 0 bridgehead atoms. The highest BCUT2D eigenvalue weighted by atomic mass is 127. The molecule has 0 amide bonds. The summed E-state index contributed by atoms with van der Waals surface area (Å²) in [4.78, 5) is 8.04. The van der Waals surface area contributed by atoms with E-state index in [0.717, 1.165) is 0 Å². The normalized spacial score (nSPS) is 18.3. The predicted molar refractivity (Wildman–Crippen MR) is 128 cm³/mol. The topological polar surface area (TPSA) is 65.0 Å². The van der Waals surface area contributed by atoms with Crippen molar-refractivity contribution < 1.29 is 21.6 Å². The smallest absolute Gasteiger partial charge is 0.352 e. The van der Waals surface area contributed by atoms with Crippen molar-refractivity contribution in [1.29, 1.82) is 0 Å². The van der Waals surface area contributed by atoms with Crippen molar-refractivity contribution >= 4 is 39.8 Å². The van der Waals surface area contributed by atoms with Crippen LogP contribution >= 0.6 is 24.0 Å². The van der Waals surface area contributed by atoms with E-state index in [1.165, 1.54) is 11.8 Å². The zero-order chi connectivity index (χ0) is 22.4. The molecule has 1 fully saturated rings.